The number of hydrogen-bond donors (Lipinski definition) is 2. The normalized spacial score (nSPS) is 14.7. The van der Waals surface area contributed by atoms with Crippen LogP contribution in [-0.2, 0) is 16.0 Å². The van der Waals surface area contributed by atoms with Crippen LogP contribution < -0.4 is 0 Å². The molecule has 1 heterocycles. The summed E-state index contributed by atoms with van der Waals surface area (Å²) >= 11 is 0. The number of hydrogen-bond acceptors (Lipinski definition) is 5. The summed E-state index contributed by atoms with van der Waals surface area (Å²) in [4.78, 5) is 10.9. The van der Waals surface area contributed by atoms with Crippen molar-refractivity contribution in [1.82, 2.24) is 0 Å². The maximum atomic E-state index is 10.9. The molecule has 5 nitrogen and oxygen atoms in total. The van der Waals surface area contributed by atoms with Crippen molar-refractivity contribution >= 4 is 5.97 Å². The van der Waals surface area contributed by atoms with Crippen molar-refractivity contribution in [1.29, 1.82) is 0 Å². The van der Waals surface area contributed by atoms with Crippen molar-refractivity contribution in [2.24, 2.45) is 0 Å². The van der Waals surface area contributed by atoms with Crippen LogP contribution in [0, 0.1) is 0 Å². The molecule has 0 fully saturated rings. The maximum absolute atomic E-state index is 10.9. The Bertz CT molecular complexity index is 330. The van der Waals surface area contributed by atoms with Crippen molar-refractivity contribution < 1.29 is 24.2 Å². The third-order valence-corrected chi connectivity index (χ3v) is 2.06. The summed E-state index contributed by atoms with van der Waals surface area (Å²) in [6.45, 7) is 1.89. The quantitative estimate of drug-likeness (QED) is 0.709. The largest absolute Gasteiger partial charge is 0.467 e. The van der Waals surface area contributed by atoms with Crippen LogP contribution in [0.3, 0.4) is 0 Å². The zero-order chi connectivity index (χ0) is 11.4. The summed E-state index contributed by atoms with van der Waals surface area (Å²) in [5.74, 6) is -0.0529. The predicted molar refractivity (Wildman–Crippen MR) is 51.1 cm³/mol. The van der Waals surface area contributed by atoms with Crippen LogP contribution in [0.15, 0.2) is 16.5 Å². The van der Waals surface area contributed by atoms with E-state index in [9.17, 15) is 15.0 Å². The van der Waals surface area contributed by atoms with Gasteiger partial charge in [-0.25, -0.2) is 4.79 Å². The third-order valence-electron chi connectivity index (χ3n) is 2.06. The van der Waals surface area contributed by atoms with Gasteiger partial charge in [0.05, 0.1) is 7.11 Å². The molecule has 0 saturated carbocycles. The van der Waals surface area contributed by atoms with E-state index in [1.165, 1.54) is 6.07 Å². The molecule has 5 heteroatoms. The zero-order valence-electron chi connectivity index (χ0n) is 8.64. The van der Waals surface area contributed by atoms with Gasteiger partial charge in [-0.3, -0.25) is 0 Å². The molecular formula is C10H14O5. The van der Waals surface area contributed by atoms with Gasteiger partial charge in [0.25, 0.3) is 0 Å². The first-order valence-electron chi connectivity index (χ1n) is 4.62. The van der Waals surface area contributed by atoms with Crippen LogP contribution >= 0.6 is 0 Å². The Kier molecular flexibility index (Phi) is 3.88. The minimum absolute atomic E-state index is 0.157. The average molecular weight is 214 g/mol. The monoisotopic (exact) mass is 214 g/mol. The highest BCUT2D eigenvalue weighted by Gasteiger charge is 2.28. The summed E-state index contributed by atoms with van der Waals surface area (Å²) in [5, 5.41) is 18.9. The number of aliphatic hydroxyl groups excluding tert-OH is 2. The second-order valence-corrected chi connectivity index (χ2v) is 3.07. The Morgan fingerprint density at radius 3 is 2.67 bits per heavy atom. The topological polar surface area (TPSA) is 79.9 Å². The Morgan fingerprint density at radius 2 is 2.20 bits per heavy atom. The Labute approximate surface area is 87.3 Å². The van der Waals surface area contributed by atoms with Gasteiger partial charge in [-0.05, 0) is 12.1 Å². The highest BCUT2D eigenvalue weighted by Crippen LogP contribution is 2.20. The van der Waals surface area contributed by atoms with Gasteiger partial charge in [0, 0.05) is 6.42 Å². The van der Waals surface area contributed by atoms with E-state index in [-0.39, 0.29) is 5.76 Å². The fourth-order valence-electron chi connectivity index (χ4n) is 1.15. The molecule has 0 aromatic carbocycles. The van der Waals surface area contributed by atoms with Crippen molar-refractivity contribution in [3.05, 3.63) is 23.7 Å². The van der Waals surface area contributed by atoms with E-state index in [0.717, 1.165) is 7.11 Å². The molecule has 1 aromatic heterocycles. The van der Waals surface area contributed by atoms with Crippen molar-refractivity contribution in [2.75, 3.05) is 7.11 Å². The average Bonchev–Trinajstić information content (AvgIpc) is 2.74. The number of carbonyl (C=O) groups excluding carboxylic acids is 1. The van der Waals surface area contributed by atoms with Gasteiger partial charge in [-0.15, -0.1) is 0 Å². The summed E-state index contributed by atoms with van der Waals surface area (Å²) in [7, 11) is 1.14. The highest BCUT2D eigenvalue weighted by atomic mass is 16.5. The van der Waals surface area contributed by atoms with Crippen molar-refractivity contribution in [3.8, 4) is 0 Å². The number of esters is 1. The molecule has 0 aliphatic heterocycles. The first-order valence-corrected chi connectivity index (χ1v) is 4.62. The number of aliphatic hydroxyl groups is 2. The molecule has 2 atom stereocenters. The lowest BCUT2D eigenvalue weighted by Gasteiger charge is -2.12. The minimum atomic E-state index is -1.62. The molecule has 2 unspecified atom stereocenters. The summed E-state index contributed by atoms with van der Waals surface area (Å²) < 4.78 is 9.49. The van der Waals surface area contributed by atoms with E-state index in [1.54, 1.807) is 6.07 Å². The van der Waals surface area contributed by atoms with Gasteiger partial charge < -0.3 is 19.4 Å². The van der Waals surface area contributed by atoms with E-state index in [1.807, 2.05) is 6.92 Å². The molecule has 0 radical (unpaired) electrons. The van der Waals surface area contributed by atoms with Gasteiger partial charge in [0.15, 0.2) is 6.10 Å². The summed E-state index contributed by atoms with van der Waals surface area (Å²) in [6, 6.07) is 3.21. The van der Waals surface area contributed by atoms with Crippen LogP contribution in [0.5, 0.6) is 0 Å². The number of carbonyl (C=O) groups is 1. The van der Waals surface area contributed by atoms with Crippen molar-refractivity contribution in [3.63, 3.8) is 0 Å². The summed E-state index contributed by atoms with van der Waals surface area (Å²) in [5.41, 5.74) is 0. The number of ether oxygens (including phenoxy) is 1. The molecule has 0 amide bonds. The Balaban J connectivity index is 2.75. The first kappa shape index (κ1) is 11.7. The molecule has 0 spiro atoms. The van der Waals surface area contributed by atoms with Gasteiger partial charge in [0.2, 0.25) is 0 Å². The molecule has 2 N–H and O–H groups in total. The van der Waals surface area contributed by atoms with Gasteiger partial charge >= 0.3 is 5.97 Å². The number of rotatable bonds is 4. The SMILES string of the molecule is CCc1ccc(C(O)C(O)C(=O)OC)o1. The molecule has 0 saturated heterocycles. The van der Waals surface area contributed by atoms with Crippen LogP contribution in [0.4, 0.5) is 0 Å². The molecule has 1 rings (SSSR count). The highest BCUT2D eigenvalue weighted by molar-refractivity contribution is 5.75. The Morgan fingerprint density at radius 1 is 1.53 bits per heavy atom. The standard InChI is InChI=1S/C10H14O5/c1-3-6-4-5-7(15-6)8(11)9(12)10(13)14-2/h4-5,8-9,11-12H,3H2,1-2H3. The first-order chi connectivity index (χ1) is 7.10. The molecule has 84 valence electrons. The van der Waals surface area contributed by atoms with Crippen LogP contribution in [0.1, 0.15) is 24.5 Å². The molecular weight excluding hydrogens is 200 g/mol. The van der Waals surface area contributed by atoms with Crippen LogP contribution in [0.2, 0.25) is 0 Å². The maximum Gasteiger partial charge on any atom is 0.337 e. The third kappa shape index (κ3) is 2.57. The van der Waals surface area contributed by atoms with Crippen LogP contribution in [0.25, 0.3) is 0 Å². The number of aryl methyl sites for hydroxylation is 1. The molecule has 1 aromatic rings. The minimum Gasteiger partial charge on any atom is -0.467 e. The Hall–Kier alpha value is -1.33. The predicted octanol–water partition coefficient (Wildman–Crippen LogP) is 0.409. The van der Waals surface area contributed by atoms with E-state index in [0.29, 0.717) is 12.2 Å². The fraction of sp³-hybridized carbons (Fsp3) is 0.500. The number of furan rings is 1. The van der Waals surface area contributed by atoms with E-state index in [4.69, 9.17) is 4.42 Å². The molecule has 15 heavy (non-hydrogen) atoms. The van der Waals surface area contributed by atoms with Crippen LogP contribution in [-0.4, -0.2) is 29.4 Å². The molecule has 0 aliphatic carbocycles. The van der Waals surface area contributed by atoms with Gasteiger partial charge in [-0.1, -0.05) is 6.92 Å². The molecule has 0 aliphatic rings. The second-order valence-electron chi connectivity index (χ2n) is 3.07. The lowest BCUT2D eigenvalue weighted by Crippen LogP contribution is -2.28. The smallest absolute Gasteiger partial charge is 0.337 e. The van der Waals surface area contributed by atoms with Gasteiger partial charge in [0.1, 0.15) is 17.6 Å². The lowest BCUT2D eigenvalue weighted by atomic mass is 10.1. The fourth-order valence-corrected chi connectivity index (χ4v) is 1.15. The number of methoxy groups -OCH3 is 1. The zero-order valence-corrected chi connectivity index (χ0v) is 8.64. The van der Waals surface area contributed by atoms with E-state index >= 15 is 0 Å². The lowest BCUT2D eigenvalue weighted by molar-refractivity contribution is -0.157. The second kappa shape index (κ2) is 4.95. The van der Waals surface area contributed by atoms with Gasteiger partial charge in [-0.2, -0.15) is 0 Å². The van der Waals surface area contributed by atoms with E-state index < -0.39 is 18.2 Å². The van der Waals surface area contributed by atoms with E-state index in [2.05, 4.69) is 4.74 Å². The molecule has 0 bridgehead atoms. The summed E-state index contributed by atoms with van der Waals surface area (Å²) in [6.07, 6.45) is -2.33. The van der Waals surface area contributed by atoms with Crippen molar-refractivity contribution in [2.45, 2.75) is 25.6 Å².